The summed E-state index contributed by atoms with van der Waals surface area (Å²) >= 11 is 0. The zero-order chi connectivity index (χ0) is 23.9. The van der Waals surface area contributed by atoms with Crippen molar-refractivity contribution in [3.05, 3.63) is 66.0 Å². The lowest BCUT2D eigenvalue weighted by atomic mass is 9.86. The van der Waals surface area contributed by atoms with Crippen LogP contribution in [0.25, 0.3) is 0 Å². The normalized spacial score (nSPS) is 26.0. The lowest BCUT2D eigenvalue weighted by Crippen LogP contribution is -2.57. The molecule has 6 nitrogen and oxygen atoms in total. The molecule has 0 spiro atoms. The largest absolute Gasteiger partial charge is 0.336 e. The maximum Gasteiger partial charge on any atom is 0.241 e. The molecule has 1 saturated heterocycles. The third kappa shape index (κ3) is 4.53. The molecule has 3 atom stereocenters. The van der Waals surface area contributed by atoms with Crippen molar-refractivity contribution in [1.29, 1.82) is 5.26 Å². The third-order valence-electron chi connectivity index (χ3n) is 6.56. The summed E-state index contributed by atoms with van der Waals surface area (Å²) in [5.41, 5.74) is -1.45. The molecule has 0 bridgehead atoms. The second-order valence-corrected chi connectivity index (χ2v) is 11.8. The average Bonchev–Trinajstić information content (AvgIpc) is 3.45. The first-order valence-corrected chi connectivity index (χ1v) is 12.7. The van der Waals surface area contributed by atoms with E-state index >= 15 is 0 Å². The summed E-state index contributed by atoms with van der Waals surface area (Å²) in [5.74, 6) is -0.684. The minimum Gasteiger partial charge on any atom is -0.336 e. The lowest BCUT2D eigenvalue weighted by Gasteiger charge is -2.32. The molecular weight excluding hydrogens is 441 g/mol. The molecule has 4 rings (SSSR count). The van der Waals surface area contributed by atoms with Crippen LogP contribution in [0.3, 0.4) is 0 Å². The molecule has 8 heteroatoms. The number of sulfone groups is 1. The van der Waals surface area contributed by atoms with Gasteiger partial charge in [-0.1, -0.05) is 44.2 Å². The van der Waals surface area contributed by atoms with Crippen molar-refractivity contribution in [2.24, 2.45) is 5.92 Å². The Kier molecular flexibility index (Phi) is 6.06. The van der Waals surface area contributed by atoms with Gasteiger partial charge in [0.15, 0.2) is 9.84 Å². The van der Waals surface area contributed by atoms with E-state index in [1.165, 1.54) is 12.1 Å². The Morgan fingerprint density at radius 1 is 1.18 bits per heavy atom. The van der Waals surface area contributed by atoms with Gasteiger partial charge in [-0.2, -0.15) is 5.26 Å². The second-order valence-electron chi connectivity index (χ2n) is 9.60. The molecule has 0 radical (unpaired) electrons. The van der Waals surface area contributed by atoms with Crippen LogP contribution in [0.5, 0.6) is 0 Å². The SMILES string of the molecule is CC(C)C[C@]1(C(=O)NC2(C#N)CC2)C[C@H](S(=O)(=O)c2ccccc2)[C@@H](c2ccc(F)cc2)N1. The van der Waals surface area contributed by atoms with Gasteiger partial charge in [-0.05, 0) is 61.4 Å². The maximum absolute atomic E-state index is 13.7. The third-order valence-corrected chi connectivity index (χ3v) is 8.73. The standard InChI is InChI=1S/C25H28FN3O3S/c1-17(2)14-25(23(30)29-24(16-27)12-13-24)15-21(33(31,32)20-6-4-3-5-7-20)22(28-25)18-8-10-19(26)11-9-18/h3-11,17,21-22,28H,12-15H2,1-2H3,(H,29,30)/t21-,22+,25+/m0/s1. The first kappa shape index (κ1) is 23.4. The number of carbonyl (C=O) groups excluding carboxylic acids is 1. The predicted molar refractivity (Wildman–Crippen MR) is 122 cm³/mol. The summed E-state index contributed by atoms with van der Waals surface area (Å²) in [6.45, 7) is 3.94. The van der Waals surface area contributed by atoms with E-state index in [-0.39, 0.29) is 23.1 Å². The van der Waals surface area contributed by atoms with E-state index in [2.05, 4.69) is 16.7 Å². The van der Waals surface area contributed by atoms with E-state index in [9.17, 15) is 22.9 Å². The van der Waals surface area contributed by atoms with Crippen molar-refractivity contribution >= 4 is 15.7 Å². The monoisotopic (exact) mass is 469 g/mol. The van der Waals surface area contributed by atoms with Gasteiger partial charge in [0, 0.05) is 0 Å². The molecular formula is C25H28FN3O3S. The lowest BCUT2D eigenvalue weighted by molar-refractivity contribution is -0.128. The Hall–Kier alpha value is -2.76. The second kappa shape index (κ2) is 8.54. The number of amides is 1. The van der Waals surface area contributed by atoms with Crippen molar-refractivity contribution in [3.8, 4) is 6.07 Å². The molecule has 1 aliphatic heterocycles. The Morgan fingerprint density at radius 2 is 1.82 bits per heavy atom. The number of benzene rings is 2. The van der Waals surface area contributed by atoms with Crippen LogP contribution in [0.2, 0.25) is 0 Å². The number of nitrogens with one attached hydrogen (secondary N) is 2. The molecule has 2 aliphatic rings. The van der Waals surface area contributed by atoms with Gasteiger partial charge >= 0.3 is 0 Å². The molecule has 33 heavy (non-hydrogen) atoms. The Morgan fingerprint density at radius 3 is 2.36 bits per heavy atom. The Labute approximate surface area is 194 Å². The van der Waals surface area contributed by atoms with Crippen molar-refractivity contribution < 1.29 is 17.6 Å². The highest BCUT2D eigenvalue weighted by molar-refractivity contribution is 7.92. The van der Waals surface area contributed by atoms with Gasteiger partial charge in [-0.3, -0.25) is 10.1 Å². The fraction of sp³-hybridized carbons (Fsp3) is 0.440. The zero-order valence-corrected chi connectivity index (χ0v) is 19.5. The van der Waals surface area contributed by atoms with Gasteiger partial charge < -0.3 is 5.32 Å². The molecule has 0 unspecified atom stereocenters. The smallest absolute Gasteiger partial charge is 0.241 e. The van der Waals surface area contributed by atoms with Crippen LogP contribution in [0, 0.1) is 23.1 Å². The zero-order valence-electron chi connectivity index (χ0n) is 18.7. The number of hydrogen-bond acceptors (Lipinski definition) is 5. The molecule has 2 N–H and O–H groups in total. The number of carbonyl (C=O) groups is 1. The fourth-order valence-electron chi connectivity index (χ4n) is 4.77. The van der Waals surface area contributed by atoms with Crippen molar-refractivity contribution in [2.75, 3.05) is 0 Å². The van der Waals surface area contributed by atoms with Crippen molar-refractivity contribution in [2.45, 2.75) is 66.8 Å². The van der Waals surface area contributed by atoms with Gasteiger partial charge in [0.1, 0.15) is 11.4 Å². The predicted octanol–water partition coefficient (Wildman–Crippen LogP) is 3.66. The van der Waals surface area contributed by atoms with Crippen LogP contribution >= 0.6 is 0 Å². The summed E-state index contributed by atoms with van der Waals surface area (Å²) in [6, 6.07) is 15.3. The van der Waals surface area contributed by atoms with Crippen LogP contribution in [0.1, 0.15) is 51.1 Å². The summed E-state index contributed by atoms with van der Waals surface area (Å²) in [7, 11) is -3.82. The minimum absolute atomic E-state index is 0.0534. The van der Waals surface area contributed by atoms with Crippen LogP contribution in [0.15, 0.2) is 59.5 Å². The van der Waals surface area contributed by atoms with Crippen LogP contribution in [-0.4, -0.2) is 30.7 Å². The Balaban J connectivity index is 1.78. The van der Waals surface area contributed by atoms with Gasteiger partial charge in [0.2, 0.25) is 5.91 Å². The van der Waals surface area contributed by atoms with Gasteiger partial charge in [-0.15, -0.1) is 0 Å². The summed E-state index contributed by atoms with van der Waals surface area (Å²) in [5, 5.41) is 14.8. The minimum atomic E-state index is -3.82. The quantitative estimate of drug-likeness (QED) is 0.645. The fourth-order valence-corrected chi connectivity index (χ4v) is 6.74. The van der Waals surface area contributed by atoms with E-state index in [4.69, 9.17) is 0 Å². The van der Waals surface area contributed by atoms with Crippen LogP contribution in [-0.2, 0) is 14.6 Å². The molecule has 174 valence electrons. The average molecular weight is 470 g/mol. The summed E-state index contributed by atoms with van der Waals surface area (Å²) < 4.78 is 41.1. The summed E-state index contributed by atoms with van der Waals surface area (Å²) in [6.07, 6.45) is 1.62. The molecule has 1 aliphatic carbocycles. The summed E-state index contributed by atoms with van der Waals surface area (Å²) in [4.78, 5) is 13.8. The molecule has 1 saturated carbocycles. The van der Waals surface area contributed by atoms with E-state index in [0.29, 0.717) is 24.8 Å². The Bertz CT molecular complexity index is 1170. The topological polar surface area (TPSA) is 99.1 Å². The number of nitrogens with zero attached hydrogens (tertiary/aromatic N) is 1. The molecule has 1 heterocycles. The van der Waals surface area contributed by atoms with E-state index in [1.54, 1.807) is 42.5 Å². The molecule has 2 fully saturated rings. The van der Waals surface area contributed by atoms with Crippen molar-refractivity contribution in [3.63, 3.8) is 0 Å². The highest BCUT2D eigenvalue weighted by Crippen LogP contribution is 2.44. The van der Waals surface area contributed by atoms with Gasteiger partial charge in [0.25, 0.3) is 0 Å². The van der Waals surface area contributed by atoms with Gasteiger partial charge in [-0.25, -0.2) is 12.8 Å². The van der Waals surface area contributed by atoms with E-state index in [0.717, 1.165) is 0 Å². The highest BCUT2D eigenvalue weighted by Gasteiger charge is 2.57. The van der Waals surface area contributed by atoms with Crippen molar-refractivity contribution in [1.82, 2.24) is 10.6 Å². The molecule has 2 aromatic carbocycles. The van der Waals surface area contributed by atoms with E-state index < -0.39 is 38.0 Å². The van der Waals surface area contributed by atoms with E-state index in [1.807, 2.05) is 13.8 Å². The molecule has 2 aromatic rings. The van der Waals surface area contributed by atoms with Gasteiger partial charge in [0.05, 0.1) is 27.8 Å². The first-order valence-electron chi connectivity index (χ1n) is 11.2. The number of rotatable bonds is 7. The van der Waals surface area contributed by atoms with Crippen LogP contribution in [0.4, 0.5) is 4.39 Å². The number of nitriles is 1. The molecule has 0 aromatic heterocycles. The number of halogens is 1. The first-order chi connectivity index (χ1) is 15.6. The number of hydrogen-bond donors (Lipinski definition) is 2. The molecule has 1 amide bonds. The van der Waals surface area contributed by atoms with Crippen LogP contribution < -0.4 is 10.6 Å². The highest BCUT2D eigenvalue weighted by atomic mass is 32.2. The maximum atomic E-state index is 13.7.